The van der Waals surface area contributed by atoms with Crippen LogP contribution in [0.25, 0.3) is 10.9 Å². The van der Waals surface area contributed by atoms with Crippen molar-refractivity contribution < 1.29 is 10.5 Å². The zero-order valence-electron chi connectivity index (χ0n) is 26.3. The van der Waals surface area contributed by atoms with E-state index in [9.17, 15) is 11.0 Å². The summed E-state index contributed by atoms with van der Waals surface area (Å²) >= 11 is 6.88. The molecule has 7 rings (SSSR count). The van der Waals surface area contributed by atoms with E-state index in [-0.39, 0.29) is 11.9 Å². The van der Waals surface area contributed by atoms with Gasteiger partial charge in [0.15, 0.2) is 0 Å². The van der Waals surface area contributed by atoms with Gasteiger partial charge in [0.05, 0.1) is 54.1 Å². The van der Waals surface area contributed by atoms with Gasteiger partial charge in [-0.3, -0.25) is 14.9 Å². The molecule has 0 bridgehead atoms. The molecule has 236 valence electrons. The molecular weight excluding hydrogens is 603 g/mol. The van der Waals surface area contributed by atoms with Crippen LogP contribution in [-0.2, 0) is 4.74 Å². The minimum Gasteiger partial charge on any atom is -0.379 e. The van der Waals surface area contributed by atoms with Gasteiger partial charge in [-0.25, -0.2) is 4.39 Å². The number of morpholine rings is 1. The SMILES string of the molecule is [2H]C(Nc1cc(Cl)c2ncc(C#N)c(N[C@H](CCN3CCOCC3)c3ccccc3)c2c1)(C1=CN(C2CC2)NN1)c1ccc(F)cc1. The predicted octanol–water partition coefficient (Wildman–Crippen LogP) is 6.26. The standard InChI is InChI=1S/C35H36ClFN8O/c36-30-19-27(40-34(24-6-8-26(37)9-7-24)32-22-45(43-42-32)28-10-11-28)18-29-33(25(20-38)21-39-35(29)30)41-31(23-4-2-1-3-5-23)12-13-44-14-16-46-17-15-44/h1-9,18-19,21-22,28,31,34,40,42-43H,10-17H2,(H,39,41)/t31-,34?/m1/s1/i34D. The quantitative estimate of drug-likeness (QED) is 0.152. The van der Waals surface area contributed by atoms with Gasteiger partial charge in [0.25, 0.3) is 0 Å². The van der Waals surface area contributed by atoms with Crippen LogP contribution in [0.2, 0.25) is 5.02 Å². The Bertz CT molecular complexity index is 1810. The van der Waals surface area contributed by atoms with Gasteiger partial charge < -0.3 is 20.8 Å². The van der Waals surface area contributed by atoms with Crippen molar-refractivity contribution in [2.75, 3.05) is 43.5 Å². The Morgan fingerprint density at radius 2 is 1.87 bits per heavy atom. The summed E-state index contributed by atoms with van der Waals surface area (Å²) in [6.45, 7) is 4.08. The molecule has 0 amide bonds. The lowest BCUT2D eigenvalue weighted by atomic mass is 10.0. The van der Waals surface area contributed by atoms with Crippen LogP contribution in [-0.4, -0.2) is 53.8 Å². The molecule has 2 fully saturated rings. The lowest BCUT2D eigenvalue weighted by molar-refractivity contribution is 0.0368. The highest BCUT2D eigenvalue weighted by Gasteiger charge is 2.32. The van der Waals surface area contributed by atoms with Gasteiger partial charge in [-0.1, -0.05) is 54.1 Å². The third-order valence-corrected chi connectivity index (χ3v) is 8.89. The number of anilines is 2. The second-order valence-corrected chi connectivity index (χ2v) is 12.2. The van der Waals surface area contributed by atoms with Gasteiger partial charge in [0, 0.05) is 49.1 Å². The smallest absolute Gasteiger partial charge is 0.123 e. The van der Waals surface area contributed by atoms with Crippen LogP contribution in [0.15, 0.2) is 84.8 Å². The lowest BCUT2D eigenvalue weighted by Gasteiger charge is -2.29. The number of aromatic nitrogens is 1. The average molecular weight is 640 g/mol. The first-order valence-corrected chi connectivity index (χ1v) is 16.0. The van der Waals surface area contributed by atoms with Gasteiger partial charge in [-0.15, -0.1) is 5.53 Å². The van der Waals surface area contributed by atoms with Gasteiger partial charge in [0.1, 0.15) is 11.9 Å². The Hall–Kier alpha value is -4.40. The Kier molecular flexibility index (Phi) is 8.54. The van der Waals surface area contributed by atoms with E-state index < -0.39 is 6.02 Å². The molecule has 2 aliphatic heterocycles. The number of benzene rings is 3. The molecule has 1 saturated heterocycles. The van der Waals surface area contributed by atoms with Gasteiger partial charge >= 0.3 is 0 Å². The fraction of sp³-hybridized carbons (Fsp3) is 0.314. The van der Waals surface area contributed by atoms with Gasteiger partial charge in [-0.05, 0) is 54.7 Å². The number of fused-ring (bicyclic) bond motifs is 1. The van der Waals surface area contributed by atoms with Crippen molar-refractivity contribution >= 4 is 33.9 Å². The molecule has 3 aliphatic rings. The van der Waals surface area contributed by atoms with E-state index in [1.165, 1.54) is 12.1 Å². The summed E-state index contributed by atoms with van der Waals surface area (Å²) in [7, 11) is 0. The summed E-state index contributed by atoms with van der Waals surface area (Å²) < 4.78 is 29.3. The fourth-order valence-corrected chi connectivity index (χ4v) is 6.22. The Morgan fingerprint density at radius 3 is 2.61 bits per heavy atom. The molecule has 4 aromatic rings. The van der Waals surface area contributed by atoms with Crippen molar-refractivity contribution in [1.29, 1.82) is 5.26 Å². The number of nitrogens with one attached hydrogen (secondary N) is 4. The summed E-state index contributed by atoms with van der Waals surface area (Å²) in [6.07, 6.45) is 6.36. The number of ether oxygens (including phenoxy) is 1. The maximum absolute atomic E-state index is 14.0. The second kappa shape index (κ2) is 13.5. The van der Waals surface area contributed by atoms with E-state index in [1.807, 2.05) is 35.5 Å². The predicted molar refractivity (Wildman–Crippen MR) is 178 cm³/mol. The number of halogens is 2. The first-order valence-electron chi connectivity index (χ1n) is 16.1. The average Bonchev–Trinajstić information content (AvgIpc) is 3.83. The topological polar surface area (TPSA) is 101 Å². The summed E-state index contributed by atoms with van der Waals surface area (Å²) in [4.78, 5) is 6.95. The van der Waals surface area contributed by atoms with E-state index in [0.717, 1.165) is 57.7 Å². The minimum atomic E-state index is -1.54. The molecule has 2 atom stereocenters. The molecule has 3 aromatic carbocycles. The normalized spacial score (nSPS) is 19.0. The fourth-order valence-electron chi connectivity index (χ4n) is 5.95. The first-order chi connectivity index (χ1) is 22.9. The van der Waals surface area contributed by atoms with Crippen LogP contribution in [0.5, 0.6) is 0 Å². The minimum absolute atomic E-state index is 0.103. The second-order valence-electron chi connectivity index (χ2n) is 11.8. The van der Waals surface area contributed by atoms with Gasteiger partial charge in [-0.2, -0.15) is 5.26 Å². The number of rotatable bonds is 11. The maximum Gasteiger partial charge on any atom is 0.123 e. The van der Waals surface area contributed by atoms with Crippen LogP contribution in [0.4, 0.5) is 15.8 Å². The molecule has 4 N–H and O–H groups in total. The van der Waals surface area contributed by atoms with Crippen molar-refractivity contribution in [2.24, 2.45) is 0 Å². The molecule has 0 radical (unpaired) electrons. The molecule has 0 spiro atoms. The van der Waals surface area contributed by atoms with Crippen molar-refractivity contribution in [3.8, 4) is 6.07 Å². The Morgan fingerprint density at radius 1 is 1.09 bits per heavy atom. The molecular formula is C35H36ClFN8O. The maximum atomic E-state index is 14.0. The van der Waals surface area contributed by atoms with Crippen molar-refractivity contribution in [3.63, 3.8) is 0 Å². The van der Waals surface area contributed by atoms with E-state index in [0.29, 0.717) is 50.2 Å². The number of hydrazine groups is 2. The van der Waals surface area contributed by atoms with E-state index >= 15 is 0 Å². The number of nitrogens with zero attached hydrogens (tertiary/aromatic N) is 4. The van der Waals surface area contributed by atoms with E-state index in [2.05, 4.69) is 49.7 Å². The van der Waals surface area contributed by atoms with E-state index in [1.54, 1.807) is 24.4 Å². The largest absolute Gasteiger partial charge is 0.379 e. The summed E-state index contributed by atoms with van der Waals surface area (Å²) in [5.41, 5.74) is 10.6. The molecule has 1 aromatic heterocycles. The highest BCUT2D eigenvalue weighted by molar-refractivity contribution is 6.35. The van der Waals surface area contributed by atoms with Crippen molar-refractivity contribution in [3.05, 3.63) is 112 Å². The van der Waals surface area contributed by atoms with Crippen LogP contribution < -0.4 is 21.6 Å². The zero-order chi connectivity index (χ0) is 32.4. The number of hydrogen-bond donors (Lipinski definition) is 4. The van der Waals surface area contributed by atoms with Crippen LogP contribution in [0.3, 0.4) is 0 Å². The highest BCUT2D eigenvalue weighted by atomic mass is 35.5. The molecule has 1 saturated carbocycles. The molecule has 1 unspecified atom stereocenters. The Labute approximate surface area is 274 Å². The first kappa shape index (κ1) is 29.0. The van der Waals surface area contributed by atoms with Crippen LogP contribution >= 0.6 is 11.6 Å². The molecule has 11 heteroatoms. The van der Waals surface area contributed by atoms with E-state index in [4.69, 9.17) is 16.3 Å². The number of pyridine rings is 1. The molecule has 3 heterocycles. The van der Waals surface area contributed by atoms with Crippen molar-refractivity contribution in [1.82, 2.24) is 25.9 Å². The Balaban J connectivity index is 1.27. The zero-order valence-corrected chi connectivity index (χ0v) is 26.0. The monoisotopic (exact) mass is 639 g/mol. The van der Waals surface area contributed by atoms with Gasteiger partial charge in [0.2, 0.25) is 0 Å². The van der Waals surface area contributed by atoms with Crippen LogP contribution in [0.1, 0.15) is 49.4 Å². The van der Waals surface area contributed by atoms with Crippen LogP contribution in [0, 0.1) is 17.1 Å². The number of hydrogen-bond acceptors (Lipinski definition) is 9. The number of nitriles is 1. The third kappa shape index (κ3) is 6.73. The lowest BCUT2D eigenvalue weighted by Crippen LogP contribution is -2.38. The highest BCUT2D eigenvalue weighted by Crippen LogP contribution is 2.38. The molecule has 9 nitrogen and oxygen atoms in total. The summed E-state index contributed by atoms with van der Waals surface area (Å²) in [5.74, 6) is -0.386. The van der Waals surface area contributed by atoms with Crippen molar-refractivity contribution in [2.45, 2.75) is 37.4 Å². The molecule has 1 aliphatic carbocycles. The summed E-state index contributed by atoms with van der Waals surface area (Å²) in [5, 5.41) is 20.3. The summed E-state index contributed by atoms with van der Waals surface area (Å²) in [6, 6.07) is 20.7. The third-order valence-electron chi connectivity index (χ3n) is 8.60. The molecule has 46 heavy (non-hydrogen) atoms.